The molecule has 2 aromatic rings. The van der Waals surface area contributed by atoms with Crippen LogP contribution in [0, 0.1) is 12.7 Å². The summed E-state index contributed by atoms with van der Waals surface area (Å²) in [5, 5.41) is 3.40. The molecule has 0 saturated carbocycles. The highest BCUT2D eigenvalue weighted by molar-refractivity contribution is 5.78. The van der Waals surface area contributed by atoms with Gasteiger partial charge in [-0.2, -0.15) is 0 Å². The number of aryl methyl sites for hydroxylation is 1. The molecule has 2 aromatic carbocycles. The van der Waals surface area contributed by atoms with Gasteiger partial charge < -0.3 is 10.2 Å². The van der Waals surface area contributed by atoms with Crippen molar-refractivity contribution in [3.05, 3.63) is 71.0 Å². The van der Waals surface area contributed by atoms with E-state index in [0.29, 0.717) is 19.0 Å². The van der Waals surface area contributed by atoms with E-state index in [1.165, 1.54) is 23.3 Å². The summed E-state index contributed by atoms with van der Waals surface area (Å²) in [5.41, 5.74) is 3.53. The maximum absolute atomic E-state index is 12.9. The first-order chi connectivity index (χ1) is 12.1. The van der Waals surface area contributed by atoms with Gasteiger partial charge in [-0.3, -0.25) is 4.79 Å². The Labute approximate surface area is 148 Å². The molecule has 25 heavy (non-hydrogen) atoms. The summed E-state index contributed by atoms with van der Waals surface area (Å²) in [7, 11) is 0. The molecule has 1 aliphatic heterocycles. The van der Waals surface area contributed by atoms with Crippen LogP contribution in [0.3, 0.4) is 0 Å². The number of nitrogens with zero attached hydrogens (tertiary/aromatic N) is 1. The van der Waals surface area contributed by atoms with Crippen LogP contribution in [0.25, 0.3) is 0 Å². The van der Waals surface area contributed by atoms with Gasteiger partial charge in [-0.1, -0.05) is 36.4 Å². The summed E-state index contributed by atoms with van der Waals surface area (Å²) in [6.07, 6.45) is 2.52. The number of likely N-dealkylation sites (tertiary alicyclic amines) is 1. The highest BCUT2D eigenvalue weighted by Crippen LogP contribution is 2.24. The van der Waals surface area contributed by atoms with Crippen LogP contribution in [0.5, 0.6) is 0 Å². The average molecular weight is 340 g/mol. The topological polar surface area (TPSA) is 32.3 Å². The standard InChI is InChI=1S/C21H25FN2O/c1-16-4-2-3-5-18(16)15-24-20(10-11-21(24)25)12-13-23-14-17-6-8-19(22)9-7-17/h2-9,20,23H,10-15H2,1H3. The maximum Gasteiger partial charge on any atom is 0.223 e. The SMILES string of the molecule is Cc1ccccc1CN1C(=O)CCC1CCNCc1ccc(F)cc1. The van der Waals surface area contributed by atoms with E-state index >= 15 is 0 Å². The number of carbonyl (C=O) groups is 1. The fraction of sp³-hybridized carbons (Fsp3) is 0.381. The second kappa shape index (κ2) is 8.26. The molecule has 1 amide bonds. The van der Waals surface area contributed by atoms with Crippen LogP contribution < -0.4 is 5.32 Å². The number of carbonyl (C=O) groups excluding carboxylic acids is 1. The first kappa shape index (κ1) is 17.6. The van der Waals surface area contributed by atoms with E-state index in [9.17, 15) is 9.18 Å². The van der Waals surface area contributed by atoms with Gasteiger partial charge in [0, 0.05) is 25.6 Å². The van der Waals surface area contributed by atoms with Gasteiger partial charge in [0.25, 0.3) is 0 Å². The van der Waals surface area contributed by atoms with Crippen molar-refractivity contribution in [2.75, 3.05) is 6.54 Å². The van der Waals surface area contributed by atoms with Crippen molar-refractivity contribution in [2.45, 2.75) is 45.3 Å². The zero-order valence-corrected chi connectivity index (χ0v) is 14.7. The lowest BCUT2D eigenvalue weighted by atomic mass is 10.1. The number of hydrogen-bond donors (Lipinski definition) is 1. The normalized spacial score (nSPS) is 17.3. The third-order valence-corrected chi connectivity index (χ3v) is 4.95. The molecular formula is C21H25FN2O. The molecule has 1 atom stereocenters. The van der Waals surface area contributed by atoms with E-state index < -0.39 is 0 Å². The van der Waals surface area contributed by atoms with Gasteiger partial charge in [-0.25, -0.2) is 4.39 Å². The first-order valence-corrected chi connectivity index (χ1v) is 8.92. The van der Waals surface area contributed by atoms with Crippen LogP contribution >= 0.6 is 0 Å². The Morgan fingerprint density at radius 1 is 1.16 bits per heavy atom. The molecule has 0 spiro atoms. The summed E-state index contributed by atoms with van der Waals surface area (Å²) in [4.78, 5) is 14.3. The van der Waals surface area contributed by atoms with Crippen LogP contribution in [-0.2, 0) is 17.9 Å². The highest BCUT2D eigenvalue weighted by atomic mass is 19.1. The Morgan fingerprint density at radius 3 is 2.68 bits per heavy atom. The molecule has 1 fully saturated rings. The van der Waals surface area contributed by atoms with Crippen LogP contribution in [0.4, 0.5) is 4.39 Å². The van der Waals surface area contributed by atoms with Crippen LogP contribution in [0.1, 0.15) is 36.0 Å². The van der Waals surface area contributed by atoms with Crippen molar-refractivity contribution in [2.24, 2.45) is 0 Å². The first-order valence-electron chi connectivity index (χ1n) is 8.92. The van der Waals surface area contributed by atoms with Gasteiger partial charge in [-0.15, -0.1) is 0 Å². The monoisotopic (exact) mass is 340 g/mol. The fourth-order valence-electron chi connectivity index (χ4n) is 3.39. The van der Waals surface area contributed by atoms with Crippen molar-refractivity contribution in [1.82, 2.24) is 10.2 Å². The molecule has 1 saturated heterocycles. The van der Waals surface area contributed by atoms with Crippen LogP contribution in [0.2, 0.25) is 0 Å². The van der Waals surface area contributed by atoms with E-state index in [1.54, 1.807) is 12.1 Å². The zero-order chi connectivity index (χ0) is 17.6. The summed E-state index contributed by atoms with van der Waals surface area (Å²) < 4.78 is 12.9. The third-order valence-electron chi connectivity index (χ3n) is 4.95. The third kappa shape index (κ3) is 4.67. The molecular weight excluding hydrogens is 315 g/mol. The molecule has 132 valence electrons. The van der Waals surface area contributed by atoms with Gasteiger partial charge in [0.1, 0.15) is 5.82 Å². The molecule has 1 N–H and O–H groups in total. The Kier molecular flexibility index (Phi) is 5.82. The maximum atomic E-state index is 12.9. The van der Waals surface area contributed by atoms with Crippen molar-refractivity contribution in [1.29, 1.82) is 0 Å². The number of amides is 1. The minimum absolute atomic E-state index is 0.208. The Morgan fingerprint density at radius 2 is 1.92 bits per heavy atom. The number of hydrogen-bond acceptors (Lipinski definition) is 2. The predicted octanol–water partition coefficient (Wildman–Crippen LogP) is 3.81. The van der Waals surface area contributed by atoms with E-state index in [-0.39, 0.29) is 11.7 Å². The molecule has 0 aliphatic carbocycles. The Balaban J connectivity index is 1.50. The zero-order valence-electron chi connectivity index (χ0n) is 14.7. The summed E-state index contributed by atoms with van der Waals surface area (Å²) in [6.45, 7) is 4.36. The van der Waals surface area contributed by atoms with Gasteiger partial charge in [0.05, 0.1) is 0 Å². The number of benzene rings is 2. The van der Waals surface area contributed by atoms with Gasteiger partial charge in [-0.05, 0) is 55.1 Å². The second-order valence-electron chi connectivity index (χ2n) is 6.73. The number of halogens is 1. The lowest BCUT2D eigenvalue weighted by molar-refractivity contribution is -0.129. The van der Waals surface area contributed by atoms with Crippen molar-refractivity contribution >= 4 is 5.91 Å². The van der Waals surface area contributed by atoms with E-state index in [1.807, 2.05) is 17.0 Å². The molecule has 1 aliphatic rings. The van der Waals surface area contributed by atoms with Crippen LogP contribution in [-0.4, -0.2) is 23.4 Å². The van der Waals surface area contributed by atoms with Gasteiger partial charge >= 0.3 is 0 Å². The van der Waals surface area contributed by atoms with E-state index in [4.69, 9.17) is 0 Å². The Bertz CT molecular complexity index is 714. The number of rotatable bonds is 7. The fourth-order valence-corrected chi connectivity index (χ4v) is 3.39. The average Bonchev–Trinajstić information content (AvgIpc) is 2.95. The second-order valence-corrected chi connectivity index (χ2v) is 6.73. The molecule has 4 heteroatoms. The lowest BCUT2D eigenvalue weighted by Gasteiger charge is -2.26. The lowest BCUT2D eigenvalue weighted by Crippen LogP contribution is -2.34. The largest absolute Gasteiger partial charge is 0.335 e. The number of nitrogens with one attached hydrogen (secondary N) is 1. The van der Waals surface area contributed by atoms with Crippen molar-refractivity contribution in [3.63, 3.8) is 0 Å². The molecule has 0 aromatic heterocycles. The van der Waals surface area contributed by atoms with Gasteiger partial charge in [0.2, 0.25) is 5.91 Å². The Hall–Kier alpha value is -2.20. The minimum Gasteiger partial charge on any atom is -0.335 e. The molecule has 0 bridgehead atoms. The smallest absolute Gasteiger partial charge is 0.223 e. The minimum atomic E-state index is -0.208. The van der Waals surface area contributed by atoms with Crippen LogP contribution in [0.15, 0.2) is 48.5 Å². The van der Waals surface area contributed by atoms with Gasteiger partial charge in [0.15, 0.2) is 0 Å². The van der Waals surface area contributed by atoms with Crippen molar-refractivity contribution in [3.8, 4) is 0 Å². The van der Waals surface area contributed by atoms with E-state index in [0.717, 1.165) is 31.5 Å². The summed E-state index contributed by atoms with van der Waals surface area (Å²) >= 11 is 0. The molecule has 1 unspecified atom stereocenters. The quantitative estimate of drug-likeness (QED) is 0.778. The predicted molar refractivity (Wildman–Crippen MR) is 97.5 cm³/mol. The molecule has 3 nitrogen and oxygen atoms in total. The van der Waals surface area contributed by atoms with E-state index in [2.05, 4.69) is 24.4 Å². The molecule has 3 rings (SSSR count). The molecule has 1 heterocycles. The van der Waals surface area contributed by atoms with Crippen molar-refractivity contribution < 1.29 is 9.18 Å². The highest BCUT2D eigenvalue weighted by Gasteiger charge is 2.30. The molecule has 0 radical (unpaired) electrons. The summed E-state index contributed by atoms with van der Waals surface area (Å²) in [6, 6.07) is 15.1. The summed E-state index contributed by atoms with van der Waals surface area (Å²) in [5.74, 6) is 0.0480.